The topological polar surface area (TPSA) is 116 Å². The summed E-state index contributed by atoms with van der Waals surface area (Å²) in [7, 11) is 0. The van der Waals surface area contributed by atoms with E-state index in [0.29, 0.717) is 0 Å². The Morgan fingerprint density at radius 3 is 2.35 bits per heavy atom. The highest BCUT2D eigenvalue weighted by Crippen LogP contribution is 2.21. The fourth-order valence-electron chi connectivity index (χ4n) is 1.87. The number of esters is 1. The second kappa shape index (κ2) is 6.29. The van der Waals surface area contributed by atoms with E-state index in [1.807, 2.05) is 6.07 Å². The van der Waals surface area contributed by atoms with Crippen molar-refractivity contribution in [2.45, 2.75) is 37.3 Å². The molecule has 2 rings (SSSR count). The van der Waals surface area contributed by atoms with Gasteiger partial charge >= 0.3 is 5.97 Å². The van der Waals surface area contributed by atoms with Crippen molar-refractivity contribution in [3.05, 3.63) is 35.9 Å². The summed E-state index contributed by atoms with van der Waals surface area (Å²) in [5.74, 6) is -0.925. The Labute approximate surface area is 115 Å². The van der Waals surface area contributed by atoms with Gasteiger partial charge in [0, 0.05) is 0 Å². The van der Waals surface area contributed by atoms with Crippen molar-refractivity contribution in [3.63, 3.8) is 0 Å². The third kappa shape index (κ3) is 3.14. The Bertz CT molecular complexity index is 449. The van der Waals surface area contributed by atoms with Crippen molar-refractivity contribution in [3.8, 4) is 0 Å². The van der Waals surface area contributed by atoms with Gasteiger partial charge in [-0.2, -0.15) is 0 Å². The molecule has 7 heteroatoms. The van der Waals surface area contributed by atoms with Gasteiger partial charge in [-0.1, -0.05) is 30.3 Å². The monoisotopic (exact) mass is 284 g/mol. The molecule has 0 aliphatic carbocycles. The first-order valence-corrected chi connectivity index (χ1v) is 6.09. The predicted octanol–water partition coefficient (Wildman–Crippen LogP) is -1.47. The van der Waals surface area contributed by atoms with Crippen LogP contribution in [0.1, 0.15) is 5.56 Å². The number of benzene rings is 1. The predicted molar refractivity (Wildman–Crippen MR) is 65.1 cm³/mol. The molecule has 0 bridgehead atoms. The number of carbonyl (C=O) groups is 1. The molecule has 0 amide bonds. The zero-order chi connectivity index (χ0) is 14.7. The van der Waals surface area contributed by atoms with Crippen molar-refractivity contribution in [1.82, 2.24) is 0 Å². The summed E-state index contributed by atoms with van der Waals surface area (Å²) in [6.45, 7) is -0.0268. The number of aliphatic hydroxyl groups excluding tert-OH is 4. The highest BCUT2D eigenvalue weighted by Gasteiger charge is 2.46. The molecule has 0 saturated carbocycles. The van der Waals surface area contributed by atoms with Crippen LogP contribution in [0, 0.1) is 0 Å². The number of ether oxygens (including phenoxy) is 2. The zero-order valence-corrected chi connectivity index (χ0v) is 10.5. The van der Waals surface area contributed by atoms with E-state index in [0.717, 1.165) is 5.56 Å². The molecule has 0 radical (unpaired) electrons. The largest absolute Gasteiger partial charge is 0.459 e. The van der Waals surface area contributed by atoms with Crippen LogP contribution >= 0.6 is 0 Å². The molecule has 0 spiro atoms. The van der Waals surface area contributed by atoms with Gasteiger partial charge in [0.15, 0.2) is 12.4 Å². The standard InChI is InChI=1S/C13H16O7/c14-8-9(15)11(20-12(17)10(8)16)13(18)19-6-7-4-2-1-3-5-7/h1-5,8-12,14-17H,6H2/t8-,9+,10+,11-,12+/m1/s1. The maximum atomic E-state index is 11.8. The summed E-state index contributed by atoms with van der Waals surface area (Å²) >= 11 is 0. The number of rotatable bonds is 3. The van der Waals surface area contributed by atoms with E-state index in [9.17, 15) is 25.2 Å². The van der Waals surface area contributed by atoms with E-state index in [4.69, 9.17) is 9.47 Å². The van der Waals surface area contributed by atoms with Gasteiger partial charge in [0.05, 0.1) is 0 Å². The van der Waals surface area contributed by atoms with Gasteiger partial charge in [-0.05, 0) is 5.56 Å². The summed E-state index contributed by atoms with van der Waals surface area (Å²) in [5.41, 5.74) is 0.743. The Hall–Kier alpha value is -1.51. The first kappa shape index (κ1) is 14.9. The summed E-state index contributed by atoms with van der Waals surface area (Å²) in [4.78, 5) is 11.8. The van der Waals surface area contributed by atoms with Crippen molar-refractivity contribution >= 4 is 5.97 Å². The summed E-state index contributed by atoms with van der Waals surface area (Å²) in [5, 5.41) is 37.7. The lowest BCUT2D eigenvalue weighted by Crippen LogP contribution is -2.59. The molecule has 1 aliphatic heterocycles. The molecule has 110 valence electrons. The van der Waals surface area contributed by atoms with Crippen molar-refractivity contribution in [1.29, 1.82) is 0 Å². The molecule has 1 aromatic rings. The summed E-state index contributed by atoms with van der Waals surface area (Å²) in [6.07, 6.45) is -8.34. The number of aliphatic hydroxyl groups is 4. The molecule has 4 N–H and O–H groups in total. The van der Waals surface area contributed by atoms with Gasteiger partial charge in [0.2, 0.25) is 0 Å². The zero-order valence-electron chi connectivity index (χ0n) is 10.5. The molecule has 1 saturated heterocycles. The van der Waals surface area contributed by atoms with E-state index in [1.54, 1.807) is 24.3 Å². The lowest BCUT2D eigenvalue weighted by molar-refractivity contribution is -0.281. The lowest BCUT2D eigenvalue weighted by Gasteiger charge is -2.36. The van der Waals surface area contributed by atoms with Crippen LogP contribution in [0.5, 0.6) is 0 Å². The van der Waals surface area contributed by atoms with Gasteiger partial charge in [-0.15, -0.1) is 0 Å². The van der Waals surface area contributed by atoms with E-state index >= 15 is 0 Å². The van der Waals surface area contributed by atoms with Gasteiger partial charge in [-0.25, -0.2) is 4.79 Å². The minimum Gasteiger partial charge on any atom is -0.459 e. The van der Waals surface area contributed by atoms with Crippen LogP contribution in [0.2, 0.25) is 0 Å². The molecule has 20 heavy (non-hydrogen) atoms. The maximum absolute atomic E-state index is 11.8. The fourth-order valence-corrected chi connectivity index (χ4v) is 1.87. The van der Waals surface area contributed by atoms with Crippen LogP contribution in [0.25, 0.3) is 0 Å². The van der Waals surface area contributed by atoms with Crippen LogP contribution in [0.15, 0.2) is 30.3 Å². The van der Waals surface area contributed by atoms with E-state index in [1.165, 1.54) is 0 Å². The van der Waals surface area contributed by atoms with Crippen molar-refractivity contribution in [2.75, 3.05) is 0 Å². The molecular formula is C13H16O7. The molecule has 1 aromatic carbocycles. The summed E-state index contributed by atoms with van der Waals surface area (Å²) in [6, 6.07) is 8.86. The smallest absolute Gasteiger partial charge is 0.338 e. The van der Waals surface area contributed by atoms with Crippen LogP contribution in [0.4, 0.5) is 0 Å². The molecule has 5 atom stereocenters. The molecule has 7 nitrogen and oxygen atoms in total. The van der Waals surface area contributed by atoms with Crippen LogP contribution < -0.4 is 0 Å². The minimum atomic E-state index is -1.76. The SMILES string of the molecule is O=C(OCc1ccccc1)[C@@H]1O[C@H](O)[C@@H](O)[C@H](O)[C@@H]1O. The van der Waals surface area contributed by atoms with Crippen molar-refractivity contribution < 1.29 is 34.7 Å². The van der Waals surface area contributed by atoms with E-state index in [-0.39, 0.29) is 6.61 Å². The molecule has 0 unspecified atom stereocenters. The second-order valence-electron chi connectivity index (χ2n) is 4.51. The first-order chi connectivity index (χ1) is 9.50. The number of hydrogen-bond acceptors (Lipinski definition) is 7. The van der Waals surface area contributed by atoms with Gasteiger partial charge < -0.3 is 29.9 Å². The second-order valence-corrected chi connectivity index (χ2v) is 4.51. The van der Waals surface area contributed by atoms with Crippen LogP contribution in [0.3, 0.4) is 0 Å². The van der Waals surface area contributed by atoms with Gasteiger partial charge in [0.25, 0.3) is 0 Å². The normalized spacial score (nSPS) is 33.7. The average molecular weight is 284 g/mol. The Balaban J connectivity index is 1.95. The van der Waals surface area contributed by atoms with Gasteiger partial charge in [0.1, 0.15) is 24.9 Å². The summed E-state index contributed by atoms with van der Waals surface area (Å²) < 4.78 is 9.69. The average Bonchev–Trinajstić information content (AvgIpc) is 2.47. The van der Waals surface area contributed by atoms with E-state index < -0.39 is 36.7 Å². The van der Waals surface area contributed by atoms with Gasteiger partial charge in [-0.3, -0.25) is 0 Å². The highest BCUT2D eigenvalue weighted by molar-refractivity contribution is 5.75. The highest BCUT2D eigenvalue weighted by atomic mass is 16.7. The third-order valence-electron chi connectivity index (χ3n) is 3.04. The first-order valence-electron chi connectivity index (χ1n) is 6.09. The molecule has 1 heterocycles. The van der Waals surface area contributed by atoms with Crippen LogP contribution in [-0.4, -0.2) is 57.1 Å². The van der Waals surface area contributed by atoms with Crippen LogP contribution in [-0.2, 0) is 20.9 Å². The molecular weight excluding hydrogens is 268 g/mol. The quantitative estimate of drug-likeness (QED) is 0.501. The number of hydrogen-bond donors (Lipinski definition) is 4. The Morgan fingerprint density at radius 2 is 1.70 bits per heavy atom. The fraction of sp³-hybridized carbons (Fsp3) is 0.462. The van der Waals surface area contributed by atoms with Crippen molar-refractivity contribution in [2.24, 2.45) is 0 Å². The molecule has 1 fully saturated rings. The lowest BCUT2D eigenvalue weighted by atomic mass is 9.99. The Morgan fingerprint density at radius 1 is 1.05 bits per heavy atom. The van der Waals surface area contributed by atoms with E-state index in [2.05, 4.69) is 0 Å². The minimum absolute atomic E-state index is 0.0268. The number of carbonyl (C=O) groups excluding carboxylic acids is 1. The molecule has 1 aliphatic rings. The maximum Gasteiger partial charge on any atom is 0.338 e. The Kier molecular flexibility index (Phi) is 4.69. The third-order valence-corrected chi connectivity index (χ3v) is 3.04. The molecule has 0 aromatic heterocycles.